The van der Waals surface area contributed by atoms with Crippen LogP contribution in [0.5, 0.6) is 11.5 Å². The lowest BCUT2D eigenvalue weighted by Crippen LogP contribution is -2.16. The number of carboxylic acids is 1. The van der Waals surface area contributed by atoms with Gasteiger partial charge in [0.15, 0.2) is 5.16 Å². The van der Waals surface area contributed by atoms with Crippen LogP contribution in [0, 0.1) is 0 Å². The van der Waals surface area contributed by atoms with Crippen LogP contribution in [0.1, 0.15) is 88.7 Å². The number of rotatable bonds is 12. The van der Waals surface area contributed by atoms with Crippen molar-refractivity contribution in [1.82, 2.24) is 9.55 Å². The van der Waals surface area contributed by atoms with E-state index in [0.29, 0.717) is 22.4 Å². The number of aromatic nitrogens is 2. The summed E-state index contributed by atoms with van der Waals surface area (Å²) in [7, 11) is -1.65. The monoisotopic (exact) mass is 574 g/mol. The summed E-state index contributed by atoms with van der Waals surface area (Å²) in [4.78, 5) is 17.6. The molecule has 3 rings (SSSR count). The van der Waals surface area contributed by atoms with Crippen molar-refractivity contribution >= 4 is 30.6 Å². The van der Waals surface area contributed by atoms with E-state index in [4.69, 9.17) is 13.8 Å². The first-order valence-electron chi connectivity index (χ1n) is 13.1. The molecule has 1 heterocycles. The Hall–Kier alpha value is -2.58. The molecule has 0 saturated carbocycles. The van der Waals surface area contributed by atoms with Crippen LogP contribution in [-0.4, -0.2) is 32.8 Å². The Morgan fingerprint density at radius 2 is 1.51 bits per heavy atom. The van der Waals surface area contributed by atoms with Gasteiger partial charge in [-0.2, -0.15) is 0 Å². The zero-order valence-corrected chi connectivity index (χ0v) is 25.8. The van der Waals surface area contributed by atoms with Crippen molar-refractivity contribution in [2.24, 2.45) is 7.05 Å². The summed E-state index contributed by atoms with van der Waals surface area (Å²) in [6, 6.07) is 8.50. The zero-order chi connectivity index (χ0) is 29.1. The molecule has 0 saturated heterocycles. The molecule has 10 heteroatoms. The molecule has 0 fully saturated rings. The minimum atomic E-state index is -3.55. The Morgan fingerprint density at radius 3 is 1.95 bits per heavy atom. The van der Waals surface area contributed by atoms with Gasteiger partial charge in [-0.1, -0.05) is 39.5 Å². The molecular formula is C29H39N2O6PS. The Labute approximate surface area is 235 Å². The third kappa shape index (κ3) is 7.34. The number of imidazole rings is 1. The van der Waals surface area contributed by atoms with Crippen molar-refractivity contribution in [3.63, 3.8) is 0 Å². The molecule has 39 heavy (non-hydrogen) atoms. The van der Waals surface area contributed by atoms with Crippen LogP contribution in [-0.2, 0) is 20.7 Å². The lowest BCUT2D eigenvalue weighted by atomic mass is 9.89. The van der Waals surface area contributed by atoms with Gasteiger partial charge in [-0.05, 0) is 69.9 Å². The highest BCUT2D eigenvalue weighted by Crippen LogP contribution is 2.50. The highest BCUT2D eigenvalue weighted by Gasteiger charge is 2.31. The summed E-state index contributed by atoms with van der Waals surface area (Å²) in [5.41, 5.74) is 1.71. The average molecular weight is 575 g/mol. The summed E-state index contributed by atoms with van der Waals surface area (Å²) in [6.45, 7) is 15.3. The van der Waals surface area contributed by atoms with Gasteiger partial charge in [-0.15, -0.1) is 0 Å². The molecule has 1 N–H and O–H groups in total. The predicted molar refractivity (Wildman–Crippen MR) is 155 cm³/mol. The SMILES string of the molecule is CC(C)OP(=O)(OC(C)C)c1ccc(Oc2c(C(C)C)c(Sc3nccn3C)cc(C(=O)O)c2C(C)C)cc1. The van der Waals surface area contributed by atoms with Gasteiger partial charge < -0.3 is 23.5 Å². The van der Waals surface area contributed by atoms with Crippen LogP contribution in [0.15, 0.2) is 52.8 Å². The van der Waals surface area contributed by atoms with Gasteiger partial charge in [0.2, 0.25) is 0 Å². The number of carbonyl (C=O) groups is 1. The molecule has 212 valence electrons. The second-order valence-corrected chi connectivity index (χ2v) is 13.5. The standard InChI is InChI=1S/C29H39N2O6PS/c1-17(2)25-23(28(32)33)16-24(39-29-30-14-15-31(29)9)26(18(3)4)27(25)35-21-10-12-22(13-11-21)38(34,36-19(5)6)37-20(7)8/h10-20H,1-9H3,(H,32,33). The van der Waals surface area contributed by atoms with Gasteiger partial charge in [-0.25, -0.2) is 9.78 Å². The molecule has 0 radical (unpaired) electrons. The molecule has 0 bridgehead atoms. The topological polar surface area (TPSA) is 99.9 Å². The van der Waals surface area contributed by atoms with E-state index in [0.717, 1.165) is 15.6 Å². The maximum absolute atomic E-state index is 13.6. The summed E-state index contributed by atoms with van der Waals surface area (Å²) < 4.78 is 33.4. The number of aryl methyl sites for hydroxylation is 1. The second-order valence-electron chi connectivity index (χ2n) is 10.5. The van der Waals surface area contributed by atoms with Crippen molar-refractivity contribution in [3.8, 4) is 11.5 Å². The maximum Gasteiger partial charge on any atom is 0.361 e. The van der Waals surface area contributed by atoms with Gasteiger partial charge in [0.25, 0.3) is 0 Å². The van der Waals surface area contributed by atoms with Crippen LogP contribution in [0.4, 0.5) is 0 Å². The fourth-order valence-corrected chi connectivity index (χ4v) is 7.27. The minimum Gasteiger partial charge on any atom is -0.478 e. The summed E-state index contributed by atoms with van der Waals surface area (Å²) in [5.74, 6) is -0.104. The molecule has 0 atom stereocenters. The van der Waals surface area contributed by atoms with E-state index in [9.17, 15) is 14.5 Å². The number of ether oxygens (including phenoxy) is 1. The molecule has 0 amide bonds. The van der Waals surface area contributed by atoms with Gasteiger partial charge in [0.1, 0.15) is 11.5 Å². The smallest absolute Gasteiger partial charge is 0.361 e. The van der Waals surface area contributed by atoms with Crippen LogP contribution in [0.2, 0.25) is 0 Å². The lowest BCUT2D eigenvalue weighted by molar-refractivity contribution is 0.0694. The first-order valence-corrected chi connectivity index (χ1v) is 15.4. The number of hydrogen-bond acceptors (Lipinski definition) is 7. The van der Waals surface area contributed by atoms with E-state index in [-0.39, 0.29) is 29.6 Å². The number of nitrogens with zero attached hydrogens (tertiary/aromatic N) is 2. The van der Waals surface area contributed by atoms with E-state index in [1.54, 1.807) is 36.5 Å². The molecule has 3 aromatic rings. The third-order valence-corrected chi connectivity index (χ3v) is 9.22. The molecule has 0 spiro atoms. The van der Waals surface area contributed by atoms with Crippen molar-refractivity contribution < 1.29 is 28.3 Å². The Kier molecular flexibility index (Phi) is 10.1. The molecule has 0 unspecified atom stereocenters. The van der Waals surface area contributed by atoms with Gasteiger partial charge in [0, 0.05) is 35.5 Å². The number of benzene rings is 2. The Bertz CT molecular complexity index is 1330. The maximum atomic E-state index is 13.6. The van der Waals surface area contributed by atoms with Crippen LogP contribution < -0.4 is 10.0 Å². The largest absolute Gasteiger partial charge is 0.478 e. The lowest BCUT2D eigenvalue weighted by Gasteiger charge is -2.25. The van der Waals surface area contributed by atoms with Crippen molar-refractivity contribution in [3.05, 3.63) is 59.4 Å². The quantitative estimate of drug-likeness (QED) is 0.217. The van der Waals surface area contributed by atoms with Crippen LogP contribution >= 0.6 is 19.4 Å². The third-order valence-electron chi connectivity index (χ3n) is 5.76. The first-order chi connectivity index (χ1) is 18.2. The number of aromatic carboxylic acids is 1. The normalized spacial score (nSPS) is 12.2. The number of hydrogen-bond donors (Lipinski definition) is 1. The van der Waals surface area contributed by atoms with Crippen molar-refractivity contribution in [2.45, 2.75) is 89.5 Å². The van der Waals surface area contributed by atoms with Gasteiger partial charge in [0.05, 0.1) is 23.1 Å². The van der Waals surface area contributed by atoms with Crippen molar-refractivity contribution in [2.75, 3.05) is 0 Å². The first kappa shape index (κ1) is 31.0. The van der Waals surface area contributed by atoms with E-state index in [1.165, 1.54) is 11.8 Å². The molecule has 0 aliphatic rings. The molecular weight excluding hydrogens is 535 g/mol. The van der Waals surface area contributed by atoms with E-state index in [1.807, 2.05) is 59.4 Å². The molecule has 2 aromatic carbocycles. The van der Waals surface area contributed by atoms with Crippen LogP contribution in [0.3, 0.4) is 0 Å². The van der Waals surface area contributed by atoms with E-state index < -0.39 is 13.6 Å². The summed E-state index contributed by atoms with van der Waals surface area (Å²) in [6.07, 6.45) is 2.98. The highest BCUT2D eigenvalue weighted by molar-refractivity contribution is 7.99. The fourth-order valence-electron chi connectivity index (χ4n) is 4.22. The summed E-state index contributed by atoms with van der Waals surface area (Å²) in [5, 5.41) is 11.3. The Morgan fingerprint density at radius 1 is 0.949 bits per heavy atom. The minimum absolute atomic E-state index is 0.0292. The average Bonchev–Trinajstić information content (AvgIpc) is 3.21. The van der Waals surface area contributed by atoms with E-state index in [2.05, 4.69) is 18.8 Å². The molecule has 1 aromatic heterocycles. The van der Waals surface area contributed by atoms with Gasteiger partial charge >= 0.3 is 13.6 Å². The predicted octanol–water partition coefficient (Wildman–Crippen LogP) is 7.98. The second kappa shape index (κ2) is 12.7. The zero-order valence-electron chi connectivity index (χ0n) is 24.1. The fraction of sp³-hybridized carbons (Fsp3) is 0.448. The highest BCUT2D eigenvalue weighted by atomic mass is 32.2. The van der Waals surface area contributed by atoms with Crippen LogP contribution in [0.25, 0.3) is 0 Å². The Balaban J connectivity index is 2.15. The van der Waals surface area contributed by atoms with Crippen molar-refractivity contribution in [1.29, 1.82) is 0 Å². The van der Waals surface area contributed by atoms with E-state index >= 15 is 0 Å². The molecule has 0 aliphatic heterocycles. The van der Waals surface area contributed by atoms with Gasteiger partial charge in [-0.3, -0.25) is 4.57 Å². The number of carboxylic acid groups (broad SMARTS) is 1. The molecule has 8 nitrogen and oxygen atoms in total. The summed E-state index contributed by atoms with van der Waals surface area (Å²) >= 11 is 1.41. The molecule has 0 aliphatic carbocycles.